The standard InChI is InChI=1S/C17H27N3OS/c1-17(9-5-11-22-17)13-20-16(18-2)19-10-8-14-6-4-7-15(12-14)21-3/h4,6-7,12H,5,8-11,13H2,1-3H3,(H2,18,19,20). The maximum atomic E-state index is 5.25. The molecule has 2 N–H and O–H groups in total. The second-order valence-electron chi connectivity index (χ2n) is 5.86. The average molecular weight is 321 g/mol. The van der Waals surface area contributed by atoms with Crippen molar-refractivity contribution in [3.05, 3.63) is 29.8 Å². The summed E-state index contributed by atoms with van der Waals surface area (Å²) in [5.74, 6) is 3.07. The Bertz CT molecular complexity index is 498. The van der Waals surface area contributed by atoms with Crippen molar-refractivity contribution in [3.8, 4) is 5.75 Å². The summed E-state index contributed by atoms with van der Waals surface area (Å²) in [5, 5.41) is 6.84. The van der Waals surface area contributed by atoms with Gasteiger partial charge in [0.15, 0.2) is 5.96 Å². The zero-order chi connectivity index (χ0) is 15.8. The molecule has 22 heavy (non-hydrogen) atoms. The van der Waals surface area contributed by atoms with Crippen LogP contribution in [0.1, 0.15) is 25.3 Å². The molecule has 1 aliphatic rings. The van der Waals surface area contributed by atoms with Gasteiger partial charge in [0.2, 0.25) is 0 Å². The summed E-state index contributed by atoms with van der Waals surface area (Å²) in [6.07, 6.45) is 3.56. The van der Waals surface area contributed by atoms with E-state index in [0.29, 0.717) is 4.75 Å². The van der Waals surface area contributed by atoms with Gasteiger partial charge in [-0.05, 0) is 49.6 Å². The number of nitrogens with zero attached hydrogens (tertiary/aromatic N) is 1. The first-order valence-corrected chi connectivity index (χ1v) is 8.85. The predicted octanol–water partition coefficient (Wildman–Crippen LogP) is 2.69. The first-order valence-electron chi connectivity index (χ1n) is 7.87. The molecule has 0 radical (unpaired) electrons. The summed E-state index contributed by atoms with van der Waals surface area (Å²) in [6, 6.07) is 8.20. The van der Waals surface area contributed by atoms with Crippen LogP contribution in [0.25, 0.3) is 0 Å². The Morgan fingerprint density at radius 1 is 1.41 bits per heavy atom. The highest BCUT2D eigenvalue weighted by molar-refractivity contribution is 8.00. The van der Waals surface area contributed by atoms with Crippen LogP contribution in [0.3, 0.4) is 0 Å². The quantitative estimate of drug-likeness (QED) is 0.625. The Morgan fingerprint density at radius 2 is 2.27 bits per heavy atom. The van der Waals surface area contributed by atoms with Crippen LogP contribution < -0.4 is 15.4 Å². The number of guanidine groups is 1. The summed E-state index contributed by atoms with van der Waals surface area (Å²) in [4.78, 5) is 4.31. The van der Waals surface area contributed by atoms with E-state index in [2.05, 4.69) is 46.4 Å². The molecule has 0 spiro atoms. The highest BCUT2D eigenvalue weighted by atomic mass is 32.2. The lowest BCUT2D eigenvalue weighted by atomic mass is 10.1. The van der Waals surface area contributed by atoms with Gasteiger partial charge in [0, 0.05) is 24.9 Å². The monoisotopic (exact) mass is 321 g/mol. The van der Waals surface area contributed by atoms with E-state index in [4.69, 9.17) is 4.74 Å². The number of methoxy groups -OCH3 is 1. The fraction of sp³-hybridized carbons (Fsp3) is 0.588. The van der Waals surface area contributed by atoms with Crippen LogP contribution in [0.15, 0.2) is 29.3 Å². The van der Waals surface area contributed by atoms with Gasteiger partial charge in [0.25, 0.3) is 0 Å². The summed E-state index contributed by atoms with van der Waals surface area (Å²) >= 11 is 2.06. The van der Waals surface area contributed by atoms with Crippen LogP contribution in [-0.4, -0.2) is 43.7 Å². The number of aliphatic imine (C=N–C) groups is 1. The number of rotatable bonds is 6. The van der Waals surface area contributed by atoms with Crippen molar-refractivity contribution in [2.24, 2.45) is 4.99 Å². The molecule has 2 rings (SSSR count). The Morgan fingerprint density at radius 3 is 2.95 bits per heavy atom. The van der Waals surface area contributed by atoms with Crippen LogP contribution in [0.4, 0.5) is 0 Å². The molecule has 1 aromatic rings. The lowest BCUT2D eigenvalue weighted by Gasteiger charge is -2.24. The lowest BCUT2D eigenvalue weighted by molar-refractivity contribution is 0.414. The summed E-state index contributed by atoms with van der Waals surface area (Å²) in [5.41, 5.74) is 1.26. The lowest BCUT2D eigenvalue weighted by Crippen LogP contribution is -2.44. The van der Waals surface area contributed by atoms with Crippen molar-refractivity contribution in [1.82, 2.24) is 10.6 Å². The van der Waals surface area contributed by atoms with Gasteiger partial charge >= 0.3 is 0 Å². The van der Waals surface area contributed by atoms with E-state index in [-0.39, 0.29) is 0 Å². The molecule has 5 heteroatoms. The molecule has 1 heterocycles. The smallest absolute Gasteiger partial charge is 0.191 e. The zero-order valence-corrected chi connectivity index (χ0v) is 14.6. The molecule has 122 valence electrons. The molecular formula is C17H27N3OS. The molecule has 0 aromatic heterocycles. The van der Waals surface area contributed by atoms with Crippen molar-refractivity contribution in [1.29, 1.82) is 0 Å². The van der Waals surface area contributed by atoms with Gasteiger partial charge in [-0.3, -0.25) is 4.99 Å². The molecule has 1 fully saturated rings. The van der Waals surface area contributed by atoms with Gasteiger partial charge in [-0.1, -0.05) is 12.1 Å². The van der Waals surface area contributed by atoms with Gasteiger partial charge in [0.05, 0.1) is 7.11 Å². The fourth-order valence-electron chi connectivity index (χ4n) is 2.62. The highest BCUT2D eigenvalue weighted by Gasteiger charge is 2.29. The van der Waals surface area contributed by atoms with E-state index < -0.39 is 0 Å². The normalized spacial score (nSPS) is 21.7. The molecule has 0 amide bonds. The van der Waals surface area contributed by atoms with Crippen LogP contribution in [0, 0.1) is 0 Å². The molecule has 1 saturated heterocycles. The Hall–Kier alpha value is -1.36. The van der Waals surface area contributed by atoms with Crippen LogP contribution in [-0.2, 0) is 6.42 Å². The predicted molar refractivity (Wildman–Crippen MR) is 96.2 cm³/mol. The second-order valence-corrected chi connectivity index (χ2v) is 7.54. The van der Waals surface area contributed by atoms with Gasteiger partial charge in [-0.15, -0.1) is 0 Å². The van der Waals surface area contributed by atoms with Crippen LogP contribution in [0.2, 0.25) is 0 Å². The van der Waals surface area contributed by atoms with Crippen molar-refractivity contribution in [2.45, 2.75) is 30.9 Å². The Labute approximate surface area is 138 Å². The van der Waals surface area contributed by atoms with E-state index in [1.807, 2.05) is 19.2 Å². The number of benzene rings is 1. The van der Waals surface area contributed by atoms with E-state index in [1.165, 1.54) is 24.2 Å². The molecule has 0 bridgehead atoms. The highest BCUT2D eigenvalue weighted by Crippen LogP contribution is 2.36. The fourth-order valence-corrected chi connectivity index (χ4v) is 3.87. The maximum Gasteiger partial charge on any atom is 0.191 e. The number of hydrogen-bond donors (Lipinski definition) is 2. The minimum absolute atomic E-state index is 0.352. The first-order chi connectivity index (χ1) is 10.6. The van der Waals surface area contributed by atoms with Crippen LogP contribution >= 0.6 is 11.8 Å². The molecule has 1 atom stereocenters. The third-order valence-electron chi connectivity index (χ3n) is 3.99. The molecule has 4 nitrogen and oxygen atoms in total. The first kappa shape index (κ1) is 17.0. The minimum Gasteiger partial charge on any atom is -0.497 e. The van der Waals surface area contributed by atoms with Gasteiger partial charge in [0.1, 0.15) is 5.75 Å². The minimum atomic E-state index is 0.352. The van der Waals surface area contributed by atoms with Crippen molar-refractivity contribution in [3.63, 3.8) is 0 Å². The zero-order valence-electron chi connectivity index (χ0n) is 13.8. The van der Waals surface area contributed by atoms with E-state index >= 15 is 0 Å². The Kier molecular flexibility index (Phi) is 6.43. The molecular weight excluding hydrogens is 294 g/mol. The second kappa shape index (κ2) is 8.32. The summed E-state index contributed by atoms with van der Waals surface area (Å²) in [7, 11) is 3.52. The van der Waals surface area contributed by atoms with Crippen molar-refractivity contribution < 1.29 is 4.74 Å². The molecule has 1 unspecified atom stereocenters. The third-order valence-corrected chi connectivity index (χ3v) is 5.53. The van der Waals surface area contributed by atoms with Crippen molar-refractivity contribution >= 4 is 17.7 Å². The number of hydrogen-bond acceptors (Lipinski definition) is 3. The number of nitrogens with one attached hydrogen (secondary N) is 2. The Balaban J connectivity index is 1.74. The molecule has 0 saturated carbocycles. The number of ether oxygens (including phenoxy) is 1. The molecule has 1 aliphatic heterocycles. The molecule has 0 aliphatic carbocycles. The van der Waals surface area contributed by atoms with Gasteiger partial charge in [-0.25, -0.2) is 0 Å². The summed E-state index contributed by atoms with van der Waals surface area (Å²) in [6.45, 7) is 4.16. The van der Waals surface area contributed by atoms with E-state index in [0.717, 1.165) is 31.2 Å². The van der Waals surface area contributed by atoms with E-state index in [9.17, 15) is 0 Å². The van der Waals surface area contributed by atoms with Gasteiger partial charge in [-0.2, -0.15) is 11.8 Å². The SMILES string of the molecule is CN=C(NCCc1cccc(OC)c1)NCC1(C)CCCS1. The average Bonchev–Trinajstić information content (AvgIpc) is 2.98. The van der Waals surface area contributed by atoms with Gasteiger partial charge < -0.3 is 15.4 Å². The van der Waals surface area contributed by atoms with Crippen molar-refractivity contribution in [2.75, 3.05) is 33.0 Å². The molecule has 1 aromatic carbocycles. The third kappa shape index (κ3) is 5.13. The summed E-state index contributed by atoms with van der Waals surface area (Å²) < 4.78 is 5.60. The van der Waals surface area contributed by atoms with Crippen LogP contribution in [0.5, 0.6) is 5.75 Å². The largest absolute Gasteiger partial charge is 0.497 e. The maximum absolute atomic E-state index is 5.25. The van der Waals surface area contributed by atoms with E-state index in [1.54, 1.807) is 7.11 Å². The number of thioether (sulfide) groups is 1. The topological polar surface area (TPSA) is 45.7 Å².